The third-order valence-corrected chi connectivity index (χ3v) is 3.09. The van der Waals surface area contributed by atoms with Gasteiger partial charge in [-0.25, -0.2) is 0 Å². The summed E-state index contributed by atoms with van der Waals surface area (Å²) in [6.45, 7) is 13.3. The van der Waals surface area contributed by atoms with E-state index < -0.39 is 0 Å². The average molecular weight is 164 g/mol. The summed E-state index contributed by atoms with van der Waals surface area (Å²) in [5.74, 6) is 0. The van der Waals surface area contributed by atoms with Crippen molar-refractivity contribution in [2.45, 2.75) is 41.3 Å². The number of hydrogen-bond donors (Lipinski definition) is 0. The Labute approximate surface area is 75.9 Å². The molecule has 0 aliphatic heterocycles. The minimum atomic E-state index is -0.186. The Morgan fingerprint density at radius 3 is 1.33 bits per heavy atom. The van der Waals surface area contributed by atoms with Gasteiger partial charge in [0.05, 0.1) is 6.85 Å². The second-order valence-electron chi connectivity index (χ2n) is 4.19. The van der Waals surface area contributed by atoms with Crippen molar-refractivity contribution >= 4 is 6.85 Å². The zero-order valence-electron chi connectivity index (χ0n) is 9.15. The first-order valence-electron chi connectivity index (χ1n) is 4.93. The maximum absolute atomic E-state index is 2.49. The molecule has 0 aliphatic rings. The Morgan fingerprint density at radius 2 is 1.17 bits per heavy atom. The van der Waals surface area contributed by atoms with Gasteiger partial charge in [0.15, 0.2) is 0 Å². The molecule has 2 heteroatoms. The van der Waals surface area contributed by atoms with Gasteiger partial charge in [0, 0.05) is 0 Å². The number of aromatic nitrogens is 1. The molecule has 68 valence electrons. The smallest absolute Gasteiger partial charge is 0.0717 e. The molecule has 0 radical (unpaired) electrons. The van der Waals surface area contributed by atoms with Gasteiger partial charge in [0.1, 0.15) is 0 Å². The van der Waals surface area contributed by atoms with Gasteiger partial charge >= 0.3 is 0 Å². The van der Waals surface area contributed by atoms with E-state index in [1.165, 1.54) is 22.5 Å². The van der Waals surface area contributed by atoms with Gasteiger partial charge < -0.3 is 4.48 Å². The minimum Gasteiger partial charge on any atom is -0.528 e. The monoisotopic (exact) mass is 164 g/mol. The molecule has 1 aromatic heterocycles. The molecule has 0 aliphatic carbocycles. The fraction of sp³-hybridized carbons (Fsp3) is 0.600. The fourth-order valence-corrected chi connectivity index (χ4v) is 2.15. The maximum atomic E-state index is 2.49. The molecule has 0 saturated heterocycles. The number of nitrogens with zero attached hydrogens (tertiary/aromatic N) is 1. The zero-order valence-corrected chi connectivity index (χ0v) is 9.15. The lowest BCUT2D eigenvalue weighted by atomic mass is 9.67. The summed E-state index contributed by atoms with van der Waals surface area (Å²) < 4.78 is 2.49. The summed E-state index contributed by atoms with van der Waals surface area (Å²) in [7, 11) is 0. The lowest BCUT2D eigenvalue weighted by molar-refractivity contribution is 1.04. The van der Waals surface area contributed by atoms with Gasteiger partial charge in [-0.2, -0.15) is 13.6 Å². The second-order valence-corrected chi connectivity index (χ2v) is 4.19. The van der Waals surface area contributed by atoms with Crippen LogP contribution in [0.25, 0.3) is 0 Å². The third-order valence-electron chi connectivity index (χ3n) is 3.09. The highest BCUT2D eigenvalue weighted by Crippen LogP contribution is 2.20. The van der Waals surface area contributed by atoms with Crippen LogP contribution < -0.4 is 0 Å². The predicted octanol–water partition coefficient (Wildman–Crippen LogP) is 2.55. The van der Waals surface area contributed by atoms with E-state index >= 15 is 0 Å². The first-order chi connectivity index (χ1) is 5.46. The normalized spacial score (nSPS) is 11.2. The van der Waals surface area contributed by atoms with Crippen molar-refractivity contribution in [3.8, 4) is 0 Å². The molecule has 0 spiro atoms. The zero-order chi connectivity index (χ0) is 9.46. The molecule has 0 saturated carbocycles. The lowest BCUT2D eigenvalue weighted by Crippen LogP contribution is -2.18. The van der Waals surface area contributed by atoms with Crippen LogP contribution in [-0.2, 0) is 0 Å². The quantitative estimate of drug-likeness (QED) is 0.562. The van der Waals surface area contributed by atoms with Crippen molar-refractivity contribution in [3.05, 3.63) is 22.5 Å². The van der Waals surface area contributed by atoms with Crippen LogP contribution in [0.5, 0.6) is 0 Å². The molecule has 0 bridgehead atoms. The van der Waals surface area contributed by atoms with Crippen molar-refractivity contribution in [1.82, 2.24) is 4.48 Å². The highest BCUT2D eigenvalue weighted by atomic mass is 14.9. The van der Waals surface area contributed by atoms with E-state index in [-0.39, 0.29) is 6.85 Å². The highest BCUT2D eigenvalue weighted by molar-refractivity contribution is 6.54. The Kier molecular flexibility index (Phi) is 2.36. The topological polar surface area (TPSA) is 4.93 Å². The van der Waals surface area contributed by atoms with Crippen LogP contribution in [0.1, 0.15) is 22.5 Å². The van der Waals surface area contributed by atoms with Gasteiger partial charge in [-0.3, -0.25) is 0 Å². The Morgan fingerprint density at radius 1 is 0.833 bits per heavy atom. The van der Waals surface area contributed by atoms with Crippen molar-refractivity contribution in [1.29, 1.82) is 0 Å². The van der Waals surface area contributed by atoms with Crippen LogP contribution in [0.2, 0.25) is 13.6 Å². The molecular weight excluding hydrogens is 145 g/mol. The first kappa shape index (κ1) is 9.43. The van der Waals surface area contributed by atoms with Crippen LogP contribution in [0.3, 0.4) is 0 Å². The van der Waals surface area contributed by atoms with Gasteiger partial charge in [-0.05, 0) is 50.2 Å². The molecular formula is C10H19BN-. The molecule has 0 unspecified atom stereocenters. The maximum Gasteiger partial charge on any atom is 0.0717 e. The van der Waals surface area contributed by atoms with Crippen molar-refractivity contribution in [2.24, 2.45) is 0 Å². The van der Waals surface area contributed by atoms with E-state index in [0.29, 0.717) is 0 Å². The molecule has 0 atom stereocenters. The molecule has 0 aromatic carbocycles. The number of rotatable bonds is 1. The molecule has 1 rings (SSSR count). The van der Waals surface area contributed by atoms with E-state index in [0.717, 1.165) is 0 Å². The van der Waals surface area contributed by atoms with E-state index in [1.807, 2.05) is 0 Å². The largest absolute Gasteiger partial charge is 0.528 e. The molecule has 0 fully saturated rings. The molecule has 1 aromatic rings. The van der Waals surface area contributed by atoms with E-state index in [1.54, 1.807) is 0 Å². The summed E-state index contributed by atoms with van der Waals surface area (Å²) in [5, 5.41) is 0. The van der Waals surface area contributed by atoms with Crippen LogP contribution in [-0.4, -0.2) is 11.3 Å². The van der Waals surface area contributed by atoms with Gasteiger partial charge in [0.2, 0.25) is 0 Å². The summed E-state index contributed by atoms with van der Waals surface area (Å²) in [5.41, 5.74) is 5.84. The van der Waals surface area contributed by atoms with Gasteiger partial charge in [-0.1, -0.05) is 0 Å². The minimum absolute atomic E-state index is 0.186. The van der Waals surface area contributed by atoms with Crippen LogP contribution in [0, 0.1) is 27.7 Å². The van der Waals surface area contributed by atoms with Crippen molar-refractivity contribution in [2.75, 3.05) is 0 Å². The summed E-state index contributed by atoms with van der Waals surface area (Å²) in [6.07, 6.45) is 0. The highest BCUT2D eigenvalue weighted by Gasteiger charge is 2.08. The molecule has 0 N–H and O–H groups in total. The van der Waals surface area contributed by atoms with Crippen LogP contribution in [0.4, 0.5) is 0 Å². The van der Waals surface area contributed by atoms with Crippen molar-refractivity contribution in [3.63, 3.8) is 0 Å². The second kappa shape index (κ2) is 3.00. The van der Waals surface area contributed by atoms with Crippen LogP contribution >= 0.6 is 0 Å². The van der Waals surface area contributed by atoms with E-state index in [4.69, 9.17) is 0 Å². The predicted molar refractivity (Wildman–Crippen MR) is 57.7 cm³/mol. The Hall–Kier alpha value is -0.655. The molecule has 1 heterocycles. The molecule has 12 heavy (non-hydrogen) atoms. The average Bonchev–Trinajstić information content (AvgIpc) is 2.16. The SMILES string of the molecule is C[BH-](C)n1c(C)c(C)c(C)c1C. The molecule has 1 nitrogen and oxygen atoms in total. The molecule has 0 amide bonds. The standard InChI is InChI=1S/C10H19BN/c1-7-8(2)10(4)12(9(7)3)11(5)6/h11H,1-6H3/q-1. The number of hydrogen-bond acceptors (Lipinski definition) is 0. The van der Waals surface area contributed by atoms with Crippen molar-refractivity contribution < 1.29 is 0 Å². The lowest BCUT2D eigenvalue weighted by Gasteiger charge is -2.21. The third kappa shape index (κ3) is 1.19. The summed E-state index contributed by atoms with van der Waals surface area (Å²) in [4.78, 5) is 0. The van der Waals surface area contributed by atoms with Crippen LogP contribution in [0.15, 0.2) is 0 Å². The first-order valence-corrected chi connectivity index (χ1v) is 4.93. The summed E-state index contributed by atoms with van der Waals surface area (Å²) >= 11 is 0. The van der Waals surface area contributed by atoms with Gasteiger partial charge in [-0.15, -0.1) is 0 Å². The van der Waals surface area contributed by atoms with Gasteiger partial charge in [0.25, 0.3) is 0 Å². The summed E-state index contributed by atoms with van der Waals surface area (Å²) in [6, 6.07) is 0. The Balaban J connectivity index is 3.38. The van der Waals surface area contributed by atoms with E-state index in [9.17, 15) is 0 Å². The fourth-order valence-electron chi connectivity index (χ4n) is 2.15. The van der Waals surface area contributed by atoms with E-state index in [2.05, 4.69) is 45.8 Å². The Bertz CT molecular complexity index is 272.